The Hall–Kier alpha value is -1.19. The predicted octanol–water partition coefficient (Wildman–Crippen LogP) is 2.54. The summed E-state index contributed by atoms with van der Waals surface area (Å²) in [5.41, 5.74) is 9.32. The van der Waals surface area contributed by atoms with Gasteiger partial charge >= 0.3 is 0 Å². The van der Waals surface area contributed by atoms with Crippen molar-refractivity contribution in [3.63, 3.8) is 0 Å². The largest absolute Gasteiger partial charge is 0.330 e. The number of hydrogen-bond donors (Lipinski definition) is 1. The number of aryl methyl sites for hydroxylation is 1. The first-order valence-corrected chi connectivity index (χ1v) is 6.35. The van der Waals surface area contributed by atoms with Crippen LogP contribution in [-0.4, -0.2) is 11.5 Å². The molecular weight excluding hydrogens is 216 g/mol. The van der Waals surface area contributed by atoms with Crippen LogP contribution in [0.15, 0.2) is 29.6 Å². The van der Waals surface area contributed by atoms with Gasteiger partial charge in [-0.15, -0.1) is 11.3 Å². The topological polar surface area (TPSA) is 38.9 Å². The zero-order chi connectivity index (χ0) is 11.4. The molecule has 0 amide bonds. The number of rotatable bonds is 4. The highest BCUT2D eigenvalue weighted by Gasteiger charge is 2.04. The van der Waals surface area contributed by atoms with E-state index in [2.05, 4.69) is 41.6 Å². The molecule has 1 aromatic carbocycles. The molecular formula is C13H16N2S. The molecule has 16 heavy (non-hydrogen) atoms. The number of nitrogens with zero attached hydrogens (tertiary/aromatic N) is 1. The second kappa shape index (κ2) is 5.23. The van der Waals surface area contributed by atoms with Gasteiger partial charge in [0.2, 0.25) is 0 Å². The van der Waals surface area contributed by atoms with Crippen molar-refractivity contribution in [2.45, 2.75) is 19.8 Å². The maximum Gasteiger partial charge on any atom is 0.0972 e. The van der Waals surface area contributed by atoms with Crippen molar-refractivity contribution in [2.75, 3.05) is 6.54 Å². The maximum atomic E-state index is 5.51. The smallest absolute Gasteiger partial charge is 0.0972 e. The lowest BCUT2D eigenvalue weighted by Crippen LogP contribution is -2.03. The molecule has 2 nitrogen and oxygen atoms in total. The molecule has 0 saturated carbocycles. The Morgan fingerprint density at radius 3 is 2.88 bits per heavy atom. The number of thiazole rings is 1. The van der Waals surface area contributed by atoms with Gasteiger partial charge in [-0.1, -0.05) is 24.3 Å². The SMILES string of the molecule is Cc1ccccc1Cc1nc(CCN)cs1. The van der Waals surface area contributed by atoms with Crippen LogP contribution in [0.25, 0.3) is 0 Å². The lowest BCUT2D eigenvalue weighted by atomic mass is 10.1. The minimum atomic E-state index is 0.674. The number of nitrogens with two attached hydrogens (primary N) is 1. The standard InChI is InChI=1S/C13H16N2S/c1-10-4-2-3-5-11(10)8-13-15-12(6-7-14)9-16-13/h2-5,9H,6-8,14H2,1H3. The molecule has 0 unspecified atom stereocenters. The molecule has 3 heteroatoms. The first-order chi connectivity index (χ1) is 7.79. The van der Waals surface area contributed by atoms with Crippen LogP contribution in [0.3, 0.4) is 0 Å². The molecule has 2 aromatic rings. The summed E-state index contributed by atoms with van der Waals surface area (Å²) in [6, 6.07) is 8.46. The summed E-state index contributed by atoms with van der Waals surface area (Å²) >= 11 is 1.73. The molecule has 0 saturated heterocycles. The highest BCUT2D eigenvalue weighted by molar-refractivity contribution is 7.09. The van der Waals surface area contributed by atoms with Crippen molar-refractivity contribution in [1.82, 2.24) is 4.98 Å². The van der Waals surface area contributed by atoms with Gasteiger partial charge < -0.3 is 5.73 Å². The van der Waals surface area contributed by atoms with Crippen LogP contribution in [0, 0.1) is 6.92 Å². The molecule has 2 N–H and O–H groups in total. The van der Waals surface area contributed by atoms with Crippen molar-refractivity contribution in [1.29, 1.82) is 0 Å². The summed E-state index contributed by atoms with van der Waals surface area (Å²) in [6.45, 7) is 2.82. The fraction of sp³-hybridized carbons (Fsp3) is 0.308. The van der Waals surface area contributed by atoms with Crippen LogP contribution in [0.5, 0.6) is 0 Å². The van der Waals surface area contributed by atoms with E-state index in [1.54, 1.807) is 11.3 Å². The Bertz CT molecular complexity index is 462. The third-order valence-electron chi connectivity index (χ3n) is 2.60. The van der Waals surface area contributed by atoms with Gasteiger partial charge in [0.15, 0.2) is 0 Å². The first-order valence-electron chi connectivity index (χ1n) is 5.47. The van der Waals surface area contributed by atoms with E-state index in [0.29, 0.717) is 6.54 Å². The van der Waals surface area contributed by atoms with Crippen LogP contribution >= 0.6 is 11.3 Å². The van der Waals surface area contributed by atoms with E-state index in [9.17, 15) is 0 Å². The van der Waals surface area contributed by atoms with Gasteiger partial charge in [-0.2, -0.15) is 0 Å². The Morgan fingerprint density at radius 2 is 2.12 bits per heavy atom. The summed E-state index contributed by atoms with van der Waals surface area (Å²) < 4.78 is 0. The van der Waals surface area contributed by atoms with Gasteiger partial charge in [-0.05, 0) is 24.6 Å². The lowest BCUT2D eigenvalue weighted by molar-refractivity contribution is 0.921. The van der Waals surface area contributed by atoms with Crippen LogP contribution in [0.1, 0.15) is 21.8 Å². The monoisotopic (exact) mass is 232 g/mol. The third-order valence-corrected chi connectivity index (χ3v) is 3.50. The van der Waals surface area contributed by atoms with E-state index < -0.39 is 0 Å². The number of benzene rings is 1. The summed E-state index contributed by atoms with van der Waals surface area (Å²) in [7, 11) is 0. The van der Waals surface area contributed by atoms with Crippen LogP contribution in [0.4, 0.5) is 0 Å². The van der Waals surface area contributed by atoms with Crippen molar-refractivity contribution in [3.8, 4) is 0 Å². The normalized spacial score (nSPS) is 10.6. The molecule has 0 atom stereocenters. The quantitative estimate of drug-likeness (QED) is 0.880. The average Bonchev–Trinajstić information content (AvgIpc) is 2.70. The molecule has 84 valence electrons. The zero-order valence-electron chi connectivity index (χ0n) is 9.44. The van der Waals surface area contributed by atoms with E-state index in [1.165, 1.54) is 16.1 Å². The Kier molecular flexibility index (Phi) is 3.70. The second-order valence-corrected chi connectivity index (χ2v) is 4.82. The van der Waals surface area contributed by atoms with E-state index in [1.807, 2.05) is 0 Å². The molecule has 0 radical (unpaired) electrons. The van der Waals surface area contributed by atoms with Crippen LogP contribution < -0.4 is 5.73 Å². The van der Waals surface area contributed by atoms with Crippen LogP contribution in [-0.2, 0) is 12.8 Å². The number of aromatic nitrogens is 1. The van der Waals surface area contributed by atoms with Crippen molar-refractivity contribution < 1.29 is 0 Å². The predicted molar refractivity (Wildman–Crippen MR) is 68.9 cm³/mol. The zero-order valence-corrected chi connectivity index (χ0v) is 10.3. The molecule has 0 aliphatic rings. The highest BCUT2D eigenvalue weighted by Crippen LogP contribution is 2.17. The van der Waals surface area contributed by atoms with Gasteiger partial charge in [0.25, 0.3) is 0 Å². The fourth-order valence-electron chi connectivity index (χ4n) is 1.66. The Balaban J connectivity index is 2.11. The van der Waals surface area contributed by atoms with Gasteiger partial charge in [0.1, 0.15) is 0 Å². The van der Waals surface area contributed by atoms with E-state index >= 15 is 0 Å². The van der Waals surface area contributed by atoms with Crippen LogP contribution in [0.2, 0.25) is 0 Å². The Morgan fingerprint density at radius 1 is 1.31 bits per heavy atom. The van der Waals surface area contributed by atoms with Gasteiger partial charge in [0, 0.05) is 18.2 Å². The fourth-order valence-corrected chi connectivity index (χ4v) is 2.52. The number of hydrogen-bond acceptors (Lipinski definition) is 3. The minimum absolute atomic E-state index is 0.674. The molecule has 1 aromatic heterocycles. The first kappa shape index (κ1) is 11.3. The van der Waals surface area contributed by atoms with E-state index in [0.717, 1.165) is 18.5 Å². The molecule has 1 heterocycles. The second-order valence-electron chi connectivity index (χ2n) is 3.87. The van der Waals surface area contributed by atoms with E-state index in [-0.39, 0.29) is 0 Å². The molecule has 0 fully saturated rings. The van der Waals surface area contributed by atoms with Gasteiger partial charge in [-0.3, -0.25) is 0 Å². The summed E-state index contributed by atoms with van der Waals surface area (Å²) in [5, 5.41) is 3.29. The average molecular weight is 232 g/mol. The molecule has 0 spiro atoms. The maximum absolute atomic E-state index is 5.51. The van der Waals surface area contributed by atoms with Crippen molar-refractivity contribution in [2.24, 2.45) is 5.73 Å². The summed E-state index contributed by atoms with van der Waals surface area (Å²) in [5.74, 6) is 0. The van der Waals surface area contributed by atoms with Gasteiger partial charge in [0.05, 0.1) is 10.7 Å². The third kappa shape index (κ3) is 2.68. The van der Waals surface area contributed by atoms with Crippen molar-refractivity contribution >= 4 is 11.3 Å². The van der Waals surface area contributed by atoms with Crippen molar-refractivity contribution in [3.05, 3.63) is 51.5 Å². The van der Waals surface area contributed by atoms with E-state index in [4.69, 9.17) is 5.73 Å². The molecule has 0 aliphatic carbocycles. The minimum Gasteiger partial charge on any atom is -0.330 e. The molecule has 2 rings (SSSR count). The summed E-state index contributed by atoms with van der Waals surface area (Å²) in [6.07, 6.45) is 1.81. The lowest BCUT2D eigenvalue weighted by Gasteiger charge is -2.02. The Labute approximate surface area is 100 Å². The highest BCUT2D eigenvalue weighted by atomic mass is 32.1. The summed E-state index contributed by atoms with van der Waals surface area (Å²) in [4.78, 5) is 4.57. The van der Waals surface area contributed by atoms with Gasteiger partial charge in [-0.25, -0.2) is 4.98 Å². The molecule has 0 bridgehead atoms. The molecule has 0 aliphatic heterocycles.